The molecule has 1 saturated carbocycles. The zero-order chi connectivity index (χ0) is 18.7. The molecular weight excluding hydrogens is 345 g/mol. The second kappa shape index (κ2) is 7.43. The lowest BCUT2D eigenvalue weighted by atomic mass is 10.1. The van der Waals surface area contributed by atoms with E-state index in [9.17, 15) is 22.8 Å². The van der Waals surface area contributed by atoms with E-state index in [1.54, 1.807) is 24.3 Å². The number of carbonyl (C=O) groups excluding carboxylic acids is 2. The average Bonchev–Trinajstić information content (AvgIpc) is 3.45. The van der Waals surface area contributed by atoms with Crippen LogP contribution in [-0.4, -0.2) is 17.9 Å². The van der Waals surface area contributed by atoms with Crippen LogP contribution >= 0.6 is 0 Å². The van der Waals surface area contributed by atoms with E-state index in [0.717, 1.165) is 31.1 Å². The number of nitrogens with one attached hydrogen (secondary N) is 2. The SMILES string of the molecule is O=C(/C=C/c1ccc(C(=O)NC2CC2)cc1)Nc1ccc(F)c(F)c1F. The van der Waals surface area contributed by atoms with Crippen molar-refractivity contribution in [3.05, 3.63) is 71.1 Å². The van der Waals surface area contributed by atoms with Gasteiger partial charge in [0.2, 0.25) is 5.91 Å². The molecule has 134 valence electrons. The first-order valence-electron chi connectivity index (χ1n) is 7.97. The predicted octanol–water partition coefficient (Wildman–Crippen LogP) is 3.65. The number of carbonyl (C=O) groups is 2. The Kier molecular flexibility index (Phi) is 5.06. The Balaban J connectivity index is 1.61. The first-order valence-corrected chi connectivity index (χ1v) is 7.97. The first kappa shape index (κ1) is 17.7. The third kappa shape index (κ3) is 4.30. The number of hydrogen-bond donors (Lipinski definition) is 2. The Morgan fingerprint density at radius 2 is 1.65 bits per heavy atom. The molecule has 4 nitrogen and oxygen atoms in total. The van der Waals surface area contributed by atoms with Crippen LogP contribution in [0.15, 0.2) is 42.5 Å². The van der Waals surface area contributed by atoms with Crippen LogP contribution in [0.25, 0.3) is 6.08 Å². The van der Waals surface area contributed by atoms with Gasteiger partial charge in [-0.3, -0.25) is 9.59 Å². The van der Waals surface area contributed by atoms with Crippen molar-refractivity contribution in [2.75, 3.05) is 5.32 Å². The van der Waals surface area contributed by atoms with Crippen LogP contribution in [0.5, 0.6) is 0 Å². The van der Waals surface area contributed by atoms with Gasteiger partial charge in [0.15, 0.2) is 17.5 Å². The molecular formula is C19H15F3N2O2. The van der Waals surface area contributed by atoms with Gasteiger partial charge >= 0.3 is 0 Å². The second-order valence-corrected chi connectivity index (χ2v) is 5.92. The maximum Gasteiger partial charge on any atom is 0.251 e. The number of rotatable bonds is 5. The topological polar surface area (TPSA) is 58.2 Å². The Bertz CT molecular complexity index is 875. The van der Waals surface area contributed by atoms with E-state index >= 15 is 0 Å². The lowest BCUT2D eigenvalue weighted by Crippen LogP contribution is -2.25. The lowest BCUT2D eigenvalue weighted by molar-refractivity contribution is -0.111. The Morgan fingerprint density at radius 1 is 0.962 bits per heavy atom. The Labute approximate surface area is 147 Å². The fourth-order valence-electron chi connectivity index (χ4n) is 2.21. The number of halogens is 3. The van der Waals surface area contributed by atoms with Crippen molar-refractivity contribution in [1.29, 1.82) is 0 Å². The predicted molar refractivity (Wildman–Crippen MR) is 90.9 cm³/mol. The number of hydrogen-bond acceptors (Lipinski definition) is 2. The van der Waals surface area contributed by atoms with Gasteiger partial charge in [0, 0.05) is 17.7 Å². The summed E-state index contributed by atoms with van der Waals surface area (Å²) in [6.07, 6.45) is 4.58. The molecule has 2 N–H and O–H groups in total. The smallest absolute Gasteiger partial charge is 0.251 e. The molecule has 3 rings (SSSR count). The van der Waals surface area contributed by atoms with Crippen LogP contribution < -0.4 is 10.6 Å². The minimum absolute atomic E-state index is 0.144. The van der Waals surface area contributed by atoms with E-state index in [-0.39, 0.29) is 11.9 Å². The van der Waals surface area contributed by atoms with Gasteiger partial charge in [0.25, 0.3) is 5.91 Å². The molecule has 2 aromatic carbocycles. The number of benzene rings is 2. The van der Waals surface area contributed by atoms with E-state index < -0.39 is 29.0 Å². The normalized spacial score (nSPS) is 13.7. The zero-order valence-electron chi connectivity index (χ0n) is 13.6. The monoisotopic (exact) mass is 360 g/mol. The zero-order valence-corrected chi connectivity index (χ0v) is 13.6. The van der Waals surface area contributed by atoms with E-state index in [1.807, 2.05) is 0 Å². The highest BCUT2D eigenvalue weighted by molar-refractivity contribution is 6.02. The van der Waals surface area contributed by atoms with Crippen molar-refractivity contribution in [3.63, 3.8) is 0 Å². The summed E-state index contributed by atoms with van der Waals surface area (Å²) in [5.41, 5.74) is 0.710. The van der Waals surface area contributed by atoms with E-state index in [1.165, 1.54) is 6.08 Å². The van der Waals surface area contributed by atoms with E-state index in [4.69, 9.17) is 0 Å². The highest BCUT2D eigenvalue weighted by Crippen LogP contribution is 2.20. The Hall–Kier alpha value is -3.09. The molecule has 0 unspecified atom stereocenters. The quantitative estimate of drug-likeness (QED) is 0.632. The van der Waals surface area contributed by atoms with E-state index in [2.05, 4.69) is 10.6 Å². The van der Waals surface area contributed by atoms with Crippen LogP contribution in [0.2, 0.25) is 0 Å². The summed E-state index contributed by atoms with van der Waals surface area (Å²) in [5.74, 6) is -5.29. The van der Waals surface area contributed by atoms with Gasteiger partial charge in [0.1, 0.15) is 0 Å². The van der Waals surface area contributed by atoms with Crippen LogP contribution in [0.1, 0.15) is 28.8 Å². The van der Waals surface area contributed by atoms with Crippen molar-refractivity contribution in [2.24, 2.45) is 0 Å². The van der Waals surface area contributed by atoms with Crippen molar-refractivity contribution in [2.45, 2.75) is 18.9 Å². The fourth-order valence-corrected chi connectivity index (χ4v) is 2.21. The van der Waals surface area contributed by atoms with E-state index in [0.29, 0.717) is 11.1 Å². The molecule has 0 heterocycles. The first-order chi connectivity index (χ1) is 12.4. The van der Waals surface area contributed by atoms with Crippen molar-refractivity contribution < 1.29 is 22.8 Å². The van der Waals surface area contributed by atoms with Crippen molar-refractivity contribution in [1.82, 2.24) is 5.32 Å². The summed E-state index contributed by atoms with van der Waals surface area (Å²) < 4.78 is 39.5. The van der Waals surface area contributed by atoms with Crippen molar-refractivity contribution >= 4 is 23.6 Å². The molecule has 7 heteroatoms. The molecule has 2 amide bonds. The maximum absolute atomic E-state index is 13.5. The van der Waals surface area contributed by atoms with Gasteiger partial charge < -0.3 is 10.6 Å². The number of amides is 2. The summed E-state index contributed by atoms with van der Waals surface area (Å²) in [4.78, 5) is 23.7. The standard InChI is InChI=1S/C19H15F3N2O2/c20-14-8-9-15(18(22)17(14)21)24-16(25)10-3-11-1-4-12(5-2-11)19(26)23-13-6-7-13/h1-5,8-10,13H,6-7H2,(H,23,26)(H,24,25)/b10-3+. The molecule has 0 atom stereocenters. The highest BCUT2D eigenvalue weighted by Gasteiger charge is 2.23. The molecule has 0 aromatic heterocycles. The highest BCUT2D eigenvalue weighted by atomic mass is 19.2. The number of anilines is 1. The molecule has 1 fully saturated rings. The van der Waals surface area contributed by atoms with Crippen LogP contribution in [-0.2, 0) is 4.79 Å². The third-order valence-corrected chi connectivity index (χ3v) is 3.81. The largest absolute Gasteiger partial charge is 0.349 e. The molecule has 0 spiro atoms. The summed E-state index contributed by atoms with van der Waals surface area (Å²) in [7, 11) is 0. The molecule has 1 aliphatic rings. The lowest BCUT2D eigenvalue weighted by Gasteiger charge is -2.05. The molecule has 2 aromatic rings. The minimum atomic E-state index is -1.65. The van der Waals surface area contributed by atoms with Gasteiger partial charge in [-0.05, 0) is 48.7 Å². The molecule has 0 radical (unpaired) electrons. The average molecular weight is 360 g/mol. The molecule has 1 aliphatic carbocycles. The van der Waals surface area contributed by atoms with Gasteiger partial charge in [-0.15, -0.1) is 0 Å². The van der Waals surface area contributed by atoms with Crippen LogP contribution in [0, 0.1) is 17.5 Å². The third-order valence-electron chi connectivity index (χ3n) is 3.81. The molecule has 26 heavy (non-hydrogen) atoms. The van der Waals surface area contributed by atoms with Crippen LogP contribution in [0.3, 0.4) is 0 Å². The molecule has 0 saturated heterocycles. The maximum atomic E-state index is 13.5. The fraction of sp³-hybridized carbons (Fsp3) is 0.158. The van der Waals surface area contributed by atoms with Crippen molar-refractivity contribution in [3.8, 4) is 0 Å². The van der Waals surface area contributed by atoms with Crippen LogP contribution in [0.4, 0.5) is 18.9 Å². The summed E-state index contributed by atoms with van der Waals surface area (Å²) in [6, 6.07) is 8.50. The van der Waals surface area contributed by atoms with Gasteiger partial charge in [-0.1, -0.05) is 12.1 Å². The molecule has 0 bridgehead atoms. The second-order valence-electron chi connectivity index (χ2n) is 5.92. The summed E-state index contributed by atoms with van der Waals surface area (Å²) >= 11 is 0. The van der Waals surface area contributed by atoms with Gasteiger partial charge in [-0.2, -0.15) is 0 Å². The molecule has 0 aliphatic heterocycles. The summed E-state index contributed by atoms with van der Waals surface area (Å²) in [5, 5.41) is 5.00. The summed E-state index contributed by atoms with van der Waals surface area (Å²) in [6.45, 7) is 0. The Morgan fingerprint density at radius 3 is 2.31 bits per heavy atom. The minimum Gasteiger partial charge on any atom is -0.349 e. The van der Waals surface area contributed by atoms with Gasteiger partial charge in [-0.25, -0.2) is 13.2 Å². The van der Waals surface area contributed by atoms with Gasteiger partial charge in [0.05, 0.1) is 5.69 Å².